The molecule has 6 heteroatoms. The first-order valence-corrected chi connectivity index (χ1v) is 9.28. The number of carboxylic acid groups (broad SMARTS) is 1. The Kier molecular flexibility index (Phi) is 6.20. The molecule has 0 radical (unpaired) electrons. The fraction of sp³-hybridized carbons (Fsp3) is 0.130. The molecule has 0 amide bonds. The number of carboxylic acids is 1. The zero-order chi connectivity index (χ0) is 21.0. The van der Waals surface area contributed by atoms with Crippen molar-refractivity contribution in [3.8, 4) is 11.5 Å². The first-order valence-electron chi connectivity index (χ1n) is 8.90. The summed E-state index contributed by atoms with van der Waals surface area (Å²) in [5.41, 5.74) is 3.37. The second kappa shape index (κ2) is 8.80. The molecule has 148 valence electrons. The van der Waals surface area contributed by atoms with Crippen LogP contribution in [0.1, 0.15) is 44.3 Å². The minimum absolute atomic E-state index is 0.00683. The number of carbonyl (C=O) groups is 2. The van der Waals surface area contributed by atoms with Crippen LogP contribution in [0.3, 0.4) is 0 Å². The number of phenolic OH excluding ortho intramolecular Hbond substituents is 1. The lowest BCUT2D eigenvalue weighted by Crippen LogP contribution is -2.00. The van der Waals surface area contributed by atoms with Gasteiger partial charge in [0.1, 0.15) is 23.1 Å². The van der Waals surface area contributed by atoms with E-state index >= 15 is 0 Å². The Morgan fingerprint density at radius 3 is 2.31 bits per heavy atom. The molecule has 3 rings (SSSR count). The summed E-state index contributed by atoms with van der Waals surface area (Å²) in [4.78, 5) is 22.4. The fourth-order valence-electron chi connectivity index (χ4n) is 2.93. The largest absolute Gasteiger partial charge is 0.505 e. The van der Waals surface area contributed by atoms with Crippen molar-refractivity contribution in [1.82, 2.24) is 0 Å². The maximum atomic E-state index is 11.5. The molecule has 0 aromatic heterocycles. The Balaban J connectivity index is 1.69. The lowest BCUT2D eigenvalue weighted by atomic mass is 10.0. The SMILES string of the molecule is CC(=O)c1ccc(OCc2cccc(Cc3ccc(C(=O)O)cc3)c2)c(Cl)c1O. The standard InChI is InChI=1S/C23H19ClO5/c1-14(25)19-9-10-20(21(24)22(19)26)29-13-17-4-2-3-16(12-17)11-15-5-7-18(8-6-15)23(27)28/h2-10,12,26H,11,13H2,1H3,(H,27,28). The van der Waals surface area contributed by atoms with Gasteiger partial charge in [-0.3, -0.25) is 4.79 Å². The van der Waals surface area contributed by atoms with Crippen LogP contribution < -0.4 is 4.74 Å². The van der Waals surface area contributed by atoms with Gasteiger partial charge < -0.3 is 14.9 Å². The van der Waals surface area contributed by atoms with Crippen molar-refractivity contribution in [2.24, 2.45) is 0 Å². The van der Waals surface area contributed by atoms with Gasteiger partial charge in [0.05, 0.1) is 11.1 Å². The van der Waals surface area contributed by atoms with E-state index in [4.69, 9.17) is 21.4 Å². The minimum atomic E-state index is -0.947. The van der Waals surface area contributed by atoms with Crippen LogP contribution in [-0.4, -0.2) is 22.0 Å². The molecular formula is C23H19ClO5. The summed E-state index contributed by atoms with van der Waals surface area (Å²) in [5.74, 6) is -1.21. The Morgan fingerprint density at radius 2 is 1.66 bits per heavy atom. The van der Waals surface area contributed by atoms with E-state index in [-0.39, 0.29) is 34.3 Å². The molecule has 0 aliphatic rings. The van der Waals surface area contributed by atoms with Crippen LogP contribution in [0.25, 0.3) is 0 Å². The van der Waals surface area contributed by atoms with E-state index in [1.807, 2.05) is 24.3 Å². The van der Waals surface area contributed by atoms with Crippen LogP contribution in [0, 0.1) is 0 Å². The Hall–Kier alpha value is -3.31. The lowest BCUT2D eigenvalue weighted by molar-refractivity contribution is 0.0696. The number of aromatic carboxylic acids is 1. The molecule has 0 unspecified atom stereocenters. The molecule has 0 aliphatic carbocycles. The average Bonchev–Trinajstić information content (AvgIpc) is 2.69. The van der Waals surface area contributed by atoms with E-state index < -0.39 is 5.97 Å². The number of halogens is 1. The van der Waals surface area contributed by atoms with Crippen molar-refractivity contribution in [2.45, 2.75) is 20.0 Å². The number of hydrogen-bond acceptors (Lipinski definition) is 4. The van der Waals surface area contributed by atoms with Gasteiger partial charge in [0.15, 0.2) is 5.78 Å². The summed E-state index contributed by atoms with van der Waals surface area (Å²) < 4.78 is 5.72. The van der Waals surface area contributed by atoms with E-state index in [2.05, 4.69) is 0 Å². The minimum Gasteiger partial charge on any atom is -0.505 e. The van der Waals surface area contributed by atoms with Crippen LogP contribution >= 0.6 is 11.6 Å². The van der Waals surface area contributed by atoms with Crippen molar-refractivity contribution < 1.29 is 24.5 Å². The van der Waals surface area contributed by atoms with E-state index in [9.17, 15) is 14.7 Å². The van der Waals surface area contributed by atoms with Crippen LogP contribution in [0.2, 0.25) is 5.02 Å². The Morgan fingerprint density at radius 1 is 0.966 bits per heavy atom. The number of carbonyl (C=O) groups excluding carboxylic acids is 1. The van der Waals surface area contributed by atoms with E-state index in [1.165, 1.54) is 13.0 Å². The highest BCUT2D eigenvalue weighted by Crippen LogP contribution is 2.36. The molecule has 0 heterocycles. The zero-order valence-corrected chi connectivity index (χ0v) is 16.4. The number of benzene rings is 3. The van der Waals surface area contributed by atoms with Crippen LogP contribution in [0.4, 0.5) is 0 Å². The molecule has 2 N–H and O–H groups in total. The predicted octanol–water partition coefficient (Wildman–Crippen LogP) is 5.12. The van der Waals surface area contributed by atoms with Gasteiger partial charge in [-0.15, -0.1) is 0 Å². The molecular weight excluding hydrogens is 392 g/mol. The summed E-state index contributed by atoms with van der Waals surface area (Å²) in [5, 5.41) is 19.0. The molecule has 3 aromatic carbocycles. The zero-order valence-electron chi connectivity index (χ0n) is 15.7. The molecule has 5 nitrogen and oxygen atoms in total. The van der Waals surface area contributed by atoms with Gasteiger partial charge in [-0.1, -0.05) is 48.0 Å². The molecule has 0 atom stereocenters. The molecule has 29 heavy (non-hydrogen) atoms. The van der Waals surface area contributed by atoms with Crippen LogP contribution in [0.5, 0.6) is 11.5 Å². The summed E-state index contributed by atoms with van der Waals surface area (Å²) in [6, 6.07) is 17.6. The maximum absolute atomic E-state index is 11.5. The monoisotopic (exact) mass is 410 g/mol. The van der Waals surface area contributed by atoms with Gasteiger partial charge in [0.25, 0.3) is 0 Å². The van der Waals surface area contributed by atoms with Crippen molar-refractivity contribution >= 4 is 23.4 Å². The van der Waals surface area contributed by atoms with Crippen molar-refractivity contribution in [1.29, 1.82) is 0 Å². The molecule has 3 aromatic rings. The van der Waals surface area contributed by atoms with Gasteiger partial charge in [0, 0.05) is 0 Å². The van der Waals surface area contributed by atoms with Gasteiger partial charge in [-0.2, -0.15) is 0 Å². The lowest BCUT2D eigenvalue weighted by Gasteiger charge is -2.12. The highest BCUT2D eigenvalue weighted by atomic mass is 35.5. The van der Waals surface area contributed by atoms with Crippen molar-refractivity contribution in [3.63, 3.8) is 0 Å². The quantitative estimate of drug-likeness (QED) is 0.528. The predicted molar refractivity (Wildman–Crippen MR) is 110 cm³/mol. The summed E-state index contributed by atoms with van der Waals surface area (Å²) in [7, 11) is 0. The smallest absolute Gasteiger partial charge is 0.335 e. The average molecular weight is 411 g/mol. The van der Waals surface area contributed by atoms with Crippen molar-refractivity contribution in [2.75, 3.05) is 0 Å². The maximum Gasteiger partial charge on any atom is 0.335 e. The van der Waals surface area contributed by atoms with E-state index in [1.54, 1.807) is 30.3 Å². The van der Waals surface area contributed by atoms with Crippen molar-refractivity contribution in [3.05, 3.63) is 93.5 Å². The molecule has 0 spiro atoms. The topological polar surface area (TPSA) is 83.8 Å². The second-order valence-corrected chi connectivity index (χ2v) is 7.00. The third-order valence-corrected chi connectivity index (χ3v) is 4.82. The van der Waals surface area contributed by atoms with E-state index in [0.29, 0.717) is 12.2 Å². The Bertz CT molecular complexity index is 1060. The molecule has 0 bridgehead atoms. The number of aromatic hydroxyl groups is 1. The fourth-order valence-corrected chi connectivity index (χ4v) is 3.15. The number of Topliss-reactive ketones (excluding diaryl/α,β-unsaturated/α-hetero) is 1. The van der Waals surface area contributed by atoms with Gasteiger partial charge >= 0.3 is 5.97 Å². The van der Waals surface area contributed by atoms with Gasteiger partial charge in [0.2, 0.25) is 0 Å². The highest BCUT2D eigenvalue weighted by Gasteiger charge is 2.15. The number of hydrogen-bond donors (Lipinski definition) is 2. The van der Waals surface area contributed by atoms with Gasteiger partial charge in [-0.05, 0) is 54.3 Å². The summed E-state index contributed by atoms with van der Waals surface area (Å²) in [6.07, 6.45) is 0.655. The number of ether oxygens (including phenoxy) is 1. The van der Waals surface area contributed by atoms with Crippen LogP contribution in [0.15, 0.2) is 60.7 Å². The van der Waals surface area contributed by atoms with Gasteiger partial charge in [-0.25, -0.2) is 4.79 Å². The summed E-state index contributed by atoms with van der Waals surface area (Å²) >= 11 is 6.11. The molecule has 0 saturated heterocycles. The summed E-state index contributed by atoms with van der Waals surface area (Å²) in [6.45, 7) is 1.59. The first kappa shape index (κ1) is 20.4. The molecule has 0 fully saturated rings. The molecule has 0 saturated carbocycles. The first-order chi connectivity index (χ1) is 13.8. The van der Waals surface area contributed by atoms with Crippen LogP contribution in [-0.2, 0) is 13.0 Å². The normalized spacial score (nSPS) is 10.6. The number of phenols is 1. The Labute approximate surface area is 173 Å². The highest BCUT2D eigenvalue weighted by molar-refractivity contribution is 6.34. The second-order valence-electron chi connectivity index (χ2n) is 6.62. The number of rotatable bonds is 7. The number of ketones is 1. The molecule has 0 aliphatic heterocycles. The van der Waals surface area contributed by atoms with E-state index in [0.717, 1.165) is 16.7 Å². The third kappa shape index (κ3) is 4.95. The third-order valence-electron chi connectivity index (χ3n) is 4.45.